The maximum atomic E-state index is 12.9. The highest BCUT2D eigenvalue weighted by atomic mass is 16.2. The van der Waals surface area contributed by atoms with Crippen molar-refractivity contribution >= 4 is 22.6 Å². The van der Waals surface area contributed by atoms with Gasteiger partial charge in [0.05, 0.1) is 6.42 Å². The van der Waals surface area contributed by atoms with E-state index >= 15 is 0 Å². The molecule has 1 atom stereocenters. The fourth-order valence-electron chi connectivity index (χ4n) is 4.18. The number of hydrogen-bond acceptors (Lipinski definition) is 2. The summed E-state index contributed by atoms with van der Waals surface area (Å²) in [6.07, 6.45) is 4.26. The molecule has 0 radical (unpaired) electrons. The van der Waals surface area contributed by atoms with Crippen LogP contribution in [0, 0.1) is 0 Å². The Morgan fingerprint density at radius 1 is 0.920 bits per heavy atom. The van der Waals surface area contributed by atoms with E-state index in [1.54, 1.807) is 0 Å². The van der Waals surface area contributed by atoms with Gasteiger partial charge in [-0.15, -0.1) is 0 Å². The number of rotatable bonds is 3. The van der Waals surface area contributed by atoms with Gasteiger partial charge in [0, 0.05) is 19.6 Å². The first-order chi connectivity index (χ1) is 12.2. The molecule has 0 bridgehead atoms. The van der Waals surface area contributed by atoms with Crippen molar-refractivity contribution in [3.8, 4) is 0 Å². The topological polar surface area (TPSA) is 40.6 Å². The van der Waals surface area contributed by atoms with Gasteiger partial charge in [0.2, 0.25) is 11.8 Å². The minimum atomic E-state index is -0.249. The smallest absolute Gasteiger partial charge is 0.245 e. The van der Waals surface area contributed by atoms with Gasteiger partial charge in [-0.05, 0) is 42.0 Å². The lowest BCUT2D eigenvalue weighted by Gasteiger charge is -2.28. The second-order valence-corrected chi connectivity index (χ2v) is 7.09. The Morgan fingerprint density at radius 2 is 1.68 bits per heavy atom. The Bertz CT molecular complexity index is 790. The molecule has 2 amide bonds. The zero-order chi connectivity index (χ0) is 17.2. The molecule has 2 aromatic carbocycles. The number of likely N-dealkylation sites (tertiary alicyclic amines) is 2. The average Bonchev–Trinajstić information content (AvgIpc) is 3.33. The van der Waals surface area contributed by atoms with Crippen LogP contribution in [0.4, 0.5) is 0 Å². The number of carbonyl (C=O) groups excluding carboxylic acids is 2. The molecule has 2 heterocycles. The van der Waals surface area contributed by atoms with Crippen molar-refractivity contribution in [2.45, 2.75) is 38.1 Å². The second-order valence-electron chi connectivity index (χ2n) is 7.09. The number of fused-ring (bicyclic) bond motifs is 1. The Hall–Kier alpha value is -2.36. The maximum absolute atomic E-state index is 12.9. The first kappa shape index (κ1) is 16.1. The number of amides is 2. The fraction of sp³-hybridized carbons (Fsp3) is 0.429. The van der Waals surface area contributed by atoms with Crippen LogP contribution in [0.5, 0.6) is 0 Å². The molecular formula is C21H24N2O2. The molecule has 4 heteroatoms. The quantitative estimate of drug-likeness (QED) is 0.864. The number of nitrogens with zero attached hydrogens (tertiary/aromatic N) is 2. The molecule has 4 rings (SSSR count). The van der Waals surface area contributed by atoms with Crippen LogP contribution >= 0.6 is 0 Å². The molecular weight excluding hydrogens is 312 g/mol. The zero-order valence-electron chi connectivity index (χ0n) is 14.5. The summed E-state index contributed by atoms with van der Waals surface area (Å²) in [5.41, 5.74) is 1.04. The summed E-state index contributed by atoms with van der Waals surface area (Å²) in [4.78, 5) is 29.5. The summed E-state index contributed by atoms with van der Waals surface area (Å²) in [6.45, 7) is 2.40. The van der Waals surface area contributed by atoms with E-state index in [9.17, 15) is 9.59 Å². The minimum Gasteiger partial charge on any atom is -0.341 e. The van der Waals surface area contributed by atoms with Crippen LogP contribution < -0.4 is 0 Å². The van der Waals surface area contributed by atoms with Crippen LogP contribution in [0.1, 0.15) is 31.2 Å². The fourth-order valence-corrected chi connectivity index (χ4v) is 4.18. The summed E-state index contributed by atoms with van der Waals surface area (Å²) >= 11 is 0. The molecule has 0 N–H and O–H groups in total. The van der Waals surface area contributed by atoms with Crippen molar-refractivity contribution in [3.63, 3.8) is 0 Å². The number of carbonyl (C=O) groups is 2. The Labute approximate surface area is 148 Å². The van der Waals surface area contributed by atoms with Crippen molar-refractivity contribution in [2.75, 3.05) is 19.6 Å². The van der Waals surface area contributed by atoms with Gasteiger partial charge in [-0.2, -0.15) is 0 Å². The van der Waals surface area contributed by atoms with Crippen LogP contribution in [0.3, 0.4) is 0 Å². The third-order valence-electron chi connectivity index (χ3n) is 5.50. The molecule has 2 aromatic rings. The Kier molecular flexibility index (Phi) is 4.43. The molecule has 2 saturated heterocycles. The van der Waals surface area contributed by atoms with Crippen molar-refractivity contribution in [2.24, 2.45) is 0 Å². The highest BCUT2D eigenvalue weighted by molar-refractivity contribution is 5.93. The first-order valence-electron chi connectivity index (χ1n) is 9.29. The van der Waals surface area contributed by atoms with Crippen molar-refractivity contribution < 1.29 is 9.59 Å². The van der Waals surface area contributed by atoms with Gasteiger partial charge in [0.25, 0.3) is 0 Å². The third-order valence-corrected chi connectivity index (χ3v) is 5.50. The lowest BCUT2D eigenvalue weighted by molar-refractivity contribution is -0.142. The van der Waals surface area contributed by atoms with Gasteiger partial charge in [0.15, 0.2) is 0 Å². The SMILES string of the molecule is O=C([C@@H]1CCCN1C(=O)Cc1cccc2ccccc12)N1CCCC1. The van der Waals surface area contributed by atoms with Crippen LogP contribution in [0.2, 0.25) is 0 Å². The molecule has 0 unspecified atom stereocenters. The standard InChI is InChI=1S/C21H24N2O2/c24-20(15-17-9-5-8-16-7-1-2-10-18(16)17)23-14-6-11-19(23)21(25)22-12-3-4-13-22/h1-2,5,7-10,19H,3-4,6,11-15H2/t19-/m0/s1. The Morgan fingerprint density at radius 3 is 2.52 bits per heavy atom. The van der Waals surface area contributed by atoms with E-state index < -0.39 is 0 Å². The van der Waals surface area contributed by atoms with Crippen LogP contribution in [0.25, 0.3) is 10.8 Å². The second kappa shape index (κ2) is 6.87. The maximum Gasteiger partial charge on any atom is 0.245 e. The molecule has 4 nitrogen and oxygen atoms in total. The van der Waals surface area contributed by atoms with E-state index in [-0.39, 0.29) is 17.9 Å². The monoisotopic (exact) mass is 336 g/mol. The summed E-state index contributed by atoms with van der Waals surface area (Å²) < 4.78 is 0. The van der Waals surface area contributed by atoms with E-state index in [0.29, 0.717) is 13.0 Å². The lowest BCUT2D eigenvalue weighted by Crippen LogP contribution is -2.47. The molecule has 130 valence electrons. The molecule has 0 aliphatic carbocycles. The Balaban J connectivity index is 1.52. The van der Waals surface area contributed by atoms with Gasteiger partial charge in [0.1, 0.15) is 6.04 Å². The lowest BCUT2D eigenvalue weighted by atomic mass is 10.0. The van der Waals surface area contributed by atoms with E-state index in [1.807, 2.05) is 34.1 Å². The zero-order valence-corrected chi connectivity index (χ0v) is 14.5. The molecule has 0 aromatic heterocycles. The van der Waals surface area contributed by atoms with Crippen molar-refractivity contribution in [1.29, 1.82) is 0 Å². The highest BCUT2D eigenvalue weighted by Gasteiger charge is 2.37. The molecule has 0 saturated carbocycles. The summed E-state index contributed by atoms with van der Waals surface area (Å²) in [5.74, 6) is 0.229. The van der Waals surface area contributed by atoms with E-state index in [2.05, 4.69) is 18.2 Å². The average molecular weight is 336 g/mol. The van der Waals surface area contributed by atoms with Gasteiger partial charge in [-0.1, -0.05) is 42.5 Å². The molecule has 2 aliphatic heterocycles. The van der Waals surface area contributed by atoms with Crippen LogP contribution in [-0.2, 0) is 16.0 Å². The highest BCUT2D eigenvalue weighted by Crippen LogP contribution is 2.24. The van der Waals surface area contributed by atoms with Gasteiger partial charge in [-0.25, -0.2) is 0 Å². The molecule has 25 heavy (non-hydrogen) atoms. The van der Waals surface area contributed by atoms with Gasteiger partial charge >= 0.3 is 0 Å². The van der Waals surface area contributed by atoms with Crippen molar-refractivity contribution in [1.82, 2.24) is 9.80 Å². The van der Waals surface area contributed by atoms with Crippen LogP contribution in [-0.4, -0.2) is 47.3 Å². The normalized spacial score (nSPS) is 20.4. The number of benzene rings is 2. The summed E-state index contributed by atoms with van der Waals surface area (Å²) in [6, 6.07) is 14.0. The molecule has 2 fully saturated rings. The van der Waals surface area contributed by atoms with Crippen LogP contribution in [0.15, 0.2) is 42.5 Å². The molecule has 2 aliphatic rings. The van der Waals surface area contributed by atoms with Gasteiger partial charge < -0.3 is 9.80 Å². The summed E-state index contributed by atoms with van der Waals surface area (Å²) in [5, 5.41) is 2.28. The number of hydrogen-bond donors (Lipinski definition) is 0. The third kappa shape index (κ3) is 3.13. The van der Waals surface area contributed by atoms with E-state index in [4.69, 9.17) is 0 Å². The predicted octanol–water partition coefficient (Wildman–Crippen LogP) is 3.00. The first-order valence-corrected chi connectivity index (χ1v) is 9.29. The molecule has 0 spiro atoms. The summed E-state index contributed by atoms with van der Waals surface area (Å²) in [7, 11) is 0. The predicted molar refractivity (Wildman–Crippen MR) is 98.2 cm³/mol. The van der Waals surface area contributed by atoms with Gasteiger partial charge in [-0.3, -0.25) is 9.59 Å². The largest absolute Gasteiger partial charge is 0.341 e. The van der Waals surface area contributed by atoms with E-state index in [1.165, 1.54) is 0 Å². The minimum absolute atomic E-state index is 0.0754. The van der Waals surface area contributed by atoms with Crippen molar-refractivity contribution in [3.05, 3.63) is 48.0 Å². The van der Waals surface area contributed by atoms with E-state index in [0.717, 1.165) is 55.1 Å².